The maximum atomic E-state index is 6.24. The van der Waals surface area contributed by atoms with Crippen LogP contribution in [0, 0.1) is 0 Å². The number of hydrogen-bond donors (Lipinski definition) is 0. The lowest BCUT2D eigenvalue weighted by Crippen LogP contribution is -2.34. The molecule has 2 unspecified atom stereocenters. The molecular formula is C23H26B2O2. The summed E-state index contributed by atoms with van der Waals surface area (Å²) in [5.41, 5.74) is 1.94. The van der Waals surface area contributed by atoms with Crippen LogP contribution in [0.15, 0.2) is 36.1 Å². The standard InChI is InChI=1S/C21H20B2O2.C2H6/c1-12(22)17-11-16-13-7-5-6-8-14(13)19-15(9-10-21(4,23)25-19)18(16)20(2,3)24-17;1-2/h5-12H,1-4H3;1-2H3. The predicted octanol–water partition coefficient (Wildman–Crippen LogP) is 5.74. The van der Waals surface area contributed by atoms with Crippen LogP contribution in [0.5, 0.6) is 5.75 Å². The number of allylic oxidation sites excluding steroid dienone is 1. The second-order valence-corrected chi connectivity index (χ2v) is 7.64. The summed E-state index contributed by atoms with van der Waals surface area (Å²) in [6, 6.07) is 8.24. The van der Waals surface area contributed by atoms with Gasteiger partial charge in [-0.15, -0.1) is 0 Å². The van der Waals surface area contributed by atoms with Gasteiger partial charge in [0, 0.05) is 16.5 Å². The molecule has 0 saturated carbocycles. The summed E-state index contributed by atoms with van der Waals surface area (Å²) >= 11 is 0. The van der Waals surface area contributed by atoms with Gasteiger partial charge in [0.2, 0.25) is 0 Å². The van der Waals surface area contributed by atoms with E-state index in [0.29, 0.717) is 0 Å². The highest BCUT2D eigenvalue weighted by atomic mass is 16.5. The number of hydrogen-bond acceptors (Lipinski definition) is 2. The van der Waals surface area contributed by atoms with Gasteiger partial charge in [-0.2, -0.15) is 0 Å². The molecule has 0 fully saturated rings. The molecule has 0 amide bonds. The van der Waals surface area contributed by atoms with Gasteiger partial charge >= 0.3 is 0 Å². The third-order valence-electron chi connectivity index (χ3n) is 4.86. The Morgan fingerprint density at radius 1 is 0.963 bits per heavy atom. The number of rotatable bonds is 1. The van der Waals surface area contributed by atoms with E-state index in [1.165, 1.54) is 0 Å². The van der Waals surface area contributed by atoms with Crippen LogP contribution < -0.4 is 4.74 Å². The fourth-order valence-electron chi connectivity index (χ4n) is 3.77. The van der Waals surface area contributed by atoms with Gasteiger partial charge in [0.1, 0.15) is 19.2 Å². The Morgan fingerprint density at radius 3 is 2.22 bits per heavy atom. The molecule has 4 rings (SSSR count). The van der Waals surface area contributed by atoms with Crippen LogP contribution in [0.25, 0.3) is 22.9 Å². The molecule has 2 aliphatic rings. The first-order valence-electron chi connectivity index (χ1n) is 9.62. The SMILES string of the molecule is CC.[B]C(C)C1=Cc2c(c3c(c4ccccc24)OC([B])(C)C=C3)C(C)(C)O1. The number of benzene rings is 2. The smallest absolute Gasteiger partial charge is 0.137 e. The van der Waals surface area contributed by atoms with E-state index in [0.717, 1.165) is 39.0 Å². The first-order chi connectivity index (χ1) is 12.7. The van der Waals surface area contributed by atoms with E-state index in [-0.39, 0.29) is 5.82 Å². The van der Waals surface area contributed by atoms with Gasteiger partial charge in [-0.3, -0.25) is 0 Å². The fraction of sp³-hybridized carbons (Fsp3) is 0.391. The van der Waals surface area contributed by atoms with Gasteiger partial charge in [-0.05, 0) is 43.6 Å². The van der Waals surface area contributed by atoms with Crippen molar-refractivity contribution in [3.8, 4) is 5.75 Å². The molecule has 0 bridgehead atoms. The van der Waals surface area contributed by atoms with Crippen LogP contribution in [-0.4, -0.2) is 21.2 Å². The fourth-order valence-corrected chi connectivity index (χ4v) is 3.77. The van der Waals surface area contributed by atoms with E-state index in [1.807, 2.05) is 45.9 Å². The lowest BCUT2D eigenvalue weighted by Gasteiger charge is -2.39. The van der Waals surface area contributed by atoms with Crippen LogP contribution in [-0.2, 0) is 10.3 Å². The minimum atomic E-state index is -0.823. The van der Waals surface area contributed by atoms with Gasteiger partial charge < -0.3 is 9.47 Å². The monoisotopic (exact) mass is 356 g/mol. The first-order valence-corrected chi connectivity index (χ1v) is 9.62. The molecule has 2 atom stereocenters. The molecule has 4 radical (unpaired) electrons. The zero-order valence-corrected chi connectivity index (χ0v) is 17.1. The Bertz CT molecular complexity index is 937. The van der Waals surface area contributed by atoms with Gasteiger partial charge in [-0.1, -0.05) is 57.2 Å². The zero-order chi connectivity index (χ0) is 20.0. The molecule has 136 valence electrons. The summed E-state index contributed by atoms with van der Waals surface area (Å²) in [6.45, 7) is 11.9. The van der Waals surface area contributed by atoms with Crippen LogP contribution in [0.1, 0.15) is 58.2 Å². The third kappa shape index (κ3) is 3.31. The van der Waals surface area contributed by atoms with Crippen LogP contribution >= 0.6 is 0 Å². The van der Waals surface area contributed by atoms with E-state index in [2.05, 4.69) is 38.1 Å². The number of fused-ring (bicyclic) bond motifs is 6. The summed E-state index contributed by atoms with van der Waals surface area (Å²) in [5, 5.41) is 2.17. The highest BCUT2D eigenvalue weighted by Crippen LogP contribution is 2.49. The average Bonchev–Trinajstić information content (AvgIpc) is 2.62. The Morgan fingerprint density at radius 2 is 1.59 bits per heavy atom. The normalized spacial score (nSPS) is 23.0. The minimum absolute atomic E-state index is 0.165. The Labute approximate surface area is 165 Å². The van der Waals surface area contributed by atoms with Crippen molar-refractivity contribution in [2.45, 2.75) is 58.5 Å². The Balaban J connectivity index is 0.00000102. The Kier molecular flexibility index (Phi) is 4.96. The van der Waals surface area contributed by atoms with Gasteiger partial charge in [-0.25, -0.2) is 0 Å². The molecule has 2 heterocycles. The first kappa shape index (κ1) is 19.7. The molecule has 0 aromatic heterocycles. The van der Waals surface area contributed by atoms with Gasteiger partial charge in [0.15, 0.2) is 0 Å². The van der Waals surface area contributed by atoms with E-state index >= 15 is 0 Å². The average molecular weight is 356 g/mol. The summed E-state index contributed by atoms with van der Waals surface area (Å²) < 4.78 is 12.4. The highest BCUT2D eigenvalue weighted by molar-refractivity contribution is 6.17. The van der Waals surface area contributed by atoms with Gasteiger partial charge in [0.25, 0.3) is 0 Å². The highest BCUT2D eigenvalue weighted by Gasteiger charge is 2.37. The molecule has 2 aliphatic heterocycles. The molecule has 0 N–H and O–H groups in total. The quantitative estimate of drug-likeness (QED) is 0.607. The van der Waals surface area contributed by atoms with Crippen molar-refractivity contribution >= 4 is 38.6 Å². The minimum Gasteiger partial charge on any atom is -0.492 e. The maximum absolute atomic E-state index is 6.24. The van der Waals surface area contributed by atoms with Crippen molar-refractivity contribution in [3.63, 3.8) is 0 Å². The molecule has 0 saturated heterocycles. The number of ether oxygens (including phenoxy) is 2. The van der Waals surface area contributed by atoms with Crippen LogP contribution in [0.2, 0.25) is 5.82 Å². The van der Waals surface area contributed by atoms with Crippen molar-refractivity contribution in [1.29, 1.82) is 0 Å². The van der Waals surface area contributed by atoms with Crippen LogP contribution in [0.4, 0.5) is 0 Å². The van der Waals surface area contributed by atoms with Crippen LogP contribution in [0.3, 0.4) is 0 Å². The zero-order valence-electron chi connectivity index (χ0n) is 17.1. The van der Waals surface area contributed by atoms with E-state index in [9.17, 15) is 0 Å². The second kappa shape index (κ2) is 6.82. The maximum Gasteiger partial charge on any atom is 0.137 e. The molecule has 0 aliphatic carbocycles. The van der Waals surface area contributed by atoms with Crippen molar-refractivity contribution in [2.75, 3.05) is 0 Å². The lowest BCUT2D eigenvalue weighted by molar-refractivity contribution is 0.0256. The van der Waals surface area contributed by atoms with Crippen molar-refractivity contribution < 1.29 is 9.47 Å². The van der Waals surface area contributed by atoms with Gasteiger partial charge in [0.05, 0.1) is 19.1 Å². The third-order valence-corrected chi connectivity index (χ3v) is 4.86. The van der Waals surface area contributed by atoms with Crippen molar-refractivity contribution in [2.24, 2.45) is 0 Å². The molecule has 0 spiro atoms. The molecule has 2 nitrogen and oxygen atoms in total. The second-order valence-electron chi connectivity index (χ2n) is 7.64. The topological polar surface area (TPSA) is 18.5 Å². The van der Waals surface area contributed by atoms with E-state index in [1.54, 1.807) is 0 Å². The lowest BCUT2D eigenvalue weighted by atomic mass is 9.76. The largest absolute Gasteiger partial charge is 0.492 e. The Hall–Kier alpha value is -2.09. The van der Waals surface area contributed by atoms with E-state index < -0.39 is 11.1 Å². The summed E-state index contributed by atoms with van der Waals surface area (Å²) in [6.07, 6.45) is 6.02. The van der Waals surface area contributed by atoms with E-state index in [4.69, 9.17) is 25.2 Å². The summed E-state index contributed by atoms with van der Waals surface area (Å²) in [4.78, 5) is 0. The van der Waals surface area contributed by atoms with Crippen molar-refractivity contribution in [1.82, 2.24) is 0 Å². The van der Waals surface area contributed by atoms with Crippen molar-refractivity contribution in [3.05, 3.63) is 52.8 Å². The summed E-state index contributed by atoms with van der Waals surface area (Å²) in [5.74, 6) is 1.45. The molecule has 2 aromatic carbocycles. The summed E-state index contributed by atoms with van der Waals surface area (Å²) in [7, 11) is 12.3. The molecule has 4 heteroatoms. The molecule has 27 heavy (non-hydrogen) atoms. The predicted molar refractivity (Wildman–Crippen MR) is 116 cm³/mol. The molecule has 2 aromatic rings. The molecular weight excluding hydrogens is 330 g/mol.